The van der Waals surface area contributed by atoms with Crippen molar-refractivity contribution in [3.63, 3.8) is 0 Å². The van der Waals surface area contributed by atoms with Gasteiger partial charge >= 0.3 is 0 Å². The number of fused-ring (bicyclic) bond motifs is 1. The Labute approximate surface area is 178 Å². The van der Waals surface area contributed by atoms with Crippen molar-refractivity contribution in [1.29, 1.82) is 0 Å². The molecule has 0 aromatic carbocycles. The number of pyridine rings is 1. The standard InChI is InChI=1S/C21H30N6O2Si/c1-28-17-11-15(7-8-22-17)12-23-19-18-21(25-13-24-19)27(20(26-18)16-5-6-16)14-29-9-10-30(2,3)4/h7-8,11,13,16H,5-6,9-10,12,14H2,1-4H3,(H,23,24,25). The molecular formula is C21H30N6O2Si. The van der Waals surface area contributed by atoms with E-state index in [0.29, 0.717) is 25.1 Å². The zero-order chi connectivity index (χ0) is 21.1. The van der Waals surface area contributed by atoms with Gasteiger partial charge in [-0.25, -0.2) is 19.9 Å². The smallest absolute Gasteiger partial charge is 0.213 e. The number of anilines is 1. The summed E-state index contributed by atoms with van der Waals surface area (Å²) in [6.45, 7) is 8.96. The second kappa shape index (κ2) is 8.69. The molecule has 160 valence electrons. The molecule has 0 saturated heterocycles. The topological polar surface area (TPSA) is 87.0 Å². The third-order valence-corrected chi connectivity index (χ3v) is 6.89. The molecule has 0 aliphatic heterocycles. The molecule has 1 aliphatic rings. The summed E-state index contributed by atoms with van der Waals surface area (Å²) in [5.74, 6) is 2.89. The van der Waals surface area contributed by atoms with Crippen molar-refractivity contribution in [2.45, 2.75) is 57.7 Å². The van der Waals surface area contributed by atoms with Crippen LogP contribution in [0.5, 0.6) is 5.88 Å². The highest BCUT2D eigenvalue weighted by Crippen LogP contribution is 2.41. The molecule has 3 aromatic rings. The second-order valence-electron chi connectivity index (χ2n) is 8.97. The van der Waals surface area contributed by atoms with Crippen molar-refractivity contribution in [1.82, 2.24) is 24.5 Å². The fraction of sp³-hybridized carbons (Fsp3) is 0.524. The average Bonchev–Trinajstić information content (AvgIpc) is 3.50. The largest absolute Gasteiger partial charge is 0.481 e. The van der Waals surface area contributed by atoms with Crippen LogP contribution in [0.3, 0.4) is 0 Å². The van der Waals surface area contributed by atoms with Crippen molar-refractivity contribution < 1.29 is 9.47 Å². The minimum Gasteiger partial charge on any atom is -0.481 e. The monoisotopic (exact) mass is 426 g/mol. The first kappa shape index (κ1) is 20.7. The average molecular weight is 427 g/mol. The Balaban J connectivity index is 1.53. The minimum atomic E-state index is -1.11. The van der Waals surface area contributed by atoms with E-state index in [0.717, 1.165) is 41.0 Å². The molecule has 1 fully saturated rings. The summed E-state index contributed by atoms with van der Waals surface area (Å²) in [6.07, 6.45) is 5.67. The highest BCUT2D eigenvalue weighted by Gasteiger charge is 2.31. The number of imidazole rings is 1. The predicted octanol–water partition coefficient (Wildman–Crippen LogP) is 4.03. The van der Waals surface area contributed by atoms with E-state index in [9.17, 15) is 0 Å². The normalized spacial score (nSPS) is 14.3. The Morgan fingerprint density at radius 1 is 1.20 bits per heavy atom. The molecular weight excluding hydrogens is 396 g/mol. The van der Waals surface area contributed by atoms with Crippen molar-refractivity contribution in [3.05, 3.63) is 36.0 Å². The van der Waals surface area contributed by atoms with Crippen molar-refractivity contribution in [2.75, 3.05) is 19.0 Å². The van der Waals surface area contributed by atoms with E-state index in [-0.39, 0.29) is 0 Å². The van der Waals surface area contributed by atoms with Crippen LogP contribution in [0.2, 0.25) is 25.7 Å². The molecule has 4 rings (SSSR count). The lowest BCUT2D eigenvalue weighted by Gasteiger charge is -2.16. The van der Waals surface area contributed by atoms with Gasteiger partial charge in [-0.2, -0.15) is 0 Å². The van der Waals surface area contributed by atoms with Crippen LogP contribution >= 0.6 is 0 Å². The lowest BCUT2D eigenvalue weighted by atomic mass is 10.2. The summed E-state index contributed by atoms with van der Waals surface area (Å²) in [4.78, 5) is 18.0. The maximum Gasteiger partial charge on any atom is 0.213 e. The maximum absolute atomic E-state index is 6.03. The molecule has 3 aromatic heterocycles. The van der Waals surface area contributed by atoms with Crippen LogP contribution in [-0.2, 0) is 18.0 Å². The van der Waals surface area contributed by atoms with Gasteiger partial charge in [0.1, 0.15) is 18.9 Å². The van der Waals surface area contributed by atoms with E-state index in [2.05, 4.69) is 44.5 Å². The van der Waals surface area contributed by atoms with Crippen LogP contribution in [0.4, 0.5) is 5.82 Å². The van der Waals surface area contributed by atoms with Crippen molar-refractivity contribution >= 4 is 25.1 Å². The number of ether oxygens (including phenoxy) is 2. The Bertz CT molecular complexity index is 1010. The lowest BCUT2D eigenvalue weighted by molar-refractivity contribution is 0.0875. The third-order valence-electron chi connectivity index (χ3n) is 5.19. The lowest BCUT2D eigenvalue weighted by Crippen LogP contribution is -2.22. The molecule has 0 spiro atoms. The van der Waals surface area contributed by atoms with Crippen molar-refractivity contribution in [2.24, 2.45) is 0 Å². The summed E-state index contributed by atoms with van der Waals surface area (Å²) in [7, 11) is 0.503. The van der Waals surface area contributed by atoms with Gasteiger partial charge in [0.2, 0.25) is 5.88 Å². The van der Waals surface area contributed by atoms with Gasteiger partial charge in [-0.3, -0.25) is 4.57 Å². The first-order valence-corrected chi connectivity index (χ1v) is 14.2. The van der Waals surface area contributed by atoms with Gasteiger partial charge in [-0.1, -0.05) is 19.6 Å². The van der Waals surface area contributed by atoms with Crippen molar-refractivity contribution in [3.8, 4) is 5.88 Å². The number of methoxy groups -OCH3 is 1. The van der Waals surface area contributed by atoms with Crippen LogP contribution in [0.25, 0.3) is 11.2 Å². The molecule has 30 heavy (non-hydrogen) atoms. The molecule has 0 bridgehead atoms. The van der Waals surface area contributed by atoms with E-state index in [4.69, 9.17) is 14.5 Å². The first-order valence-electron chi connectivity index (χ1n) is 10.5. The van der Waals surface area contributed by atoms with E-state index >= 15 is 0 Å². The number of hydrogen-bond donors (Lipinski definition) is 1. The van der Waals surface area contributed by atoms with Gasteiger partial charge in [0.15, 0.2) is 17.0 Å². The number of nitrogens with one attached hydrogen (secondary N) is 1. The Kier molecular flexibility index (Phi) is 6.01. The quantitative estimate of drug-likeness (QED) is 0.387. The van der Waals surface area contributed by atoms with Gasteiger partial charge < -0.3 is 14.8 Å². The second-order valence-corrected chi connectivity index (χ2v) is 14.6. The maximum atomic E-state index is 6.03. The molecule has 9 heteroatoms. The van der Waals surface area contributed by atoms with Crippen LogP contribution in [-0.4, -0.2) is 46.3 Å². The van der Waals surface area contributed by atoms with Gasteiger partial charge in [-0.15, -0.1) is 0 Å². The number of aromatic nitrogens is 5. The van der Waals surface area contributed by atoms with Crippen LogP contribution < -0.4 is 10.1 Å². The molecule has 1 saturated carbocycles. The Hall–Kier alpha value is -2.52. The summed E-state index contributed by atoms with van der Waals surface area (Å²) in [5.41, 5.74) is 2.69. The summed E-state index contributed by atoms with van der Waals surface area (Å²) >= 11 is 0. The molecule has 0 amide bonds. The number of hydrogen-bond acceptors (Lipinski definition) is 7. The molecule has 1 N–H and O–H groups in total. The number of rotatable bonds is 10. The highest BCUT2D eigenvalue weighted by atomic mass is 28.3. The van der Waals surface area contributed by atoms with Gasteiger partial charge in [0.05, 0.1) is 7.11 Å². The van der Waals surface area contributed by atoms with Gasteiger partial charge in [0, 0.05) is 39.4 Å². The van der Waals surface area contributed by atoms with Crippen LogP contribution in [0.1, 0.15) is 30.1 Å². The molecule has 0 atom stereocenters. The fourth-order valence-electron chi connectivity index (χ4n) is 3.26. The third kappa shape index (κ3) is 4.96. The predicted molar refractivity (Wildman–Crippen MR) is 120 cm³/mol. The Morgan fingerprint density at radius 3 is 2.77 bits per heavy atom. The zero-order valence-corrected chi connectivity index (χ0v) is 19.2. The highest BCUT2D eigenvalue weighted by molar-refractivity contribution is 6.76. The van der Waals surface area contributed by atoms with Gasteiger partial charge in [-0.05, 0) is 30.5 Å². The minimum absolute atomic E-state index is 0.491. The van der Waals surface area contributed by atoms with E-state index in [1.54, 1.807) is 19.6 Å². The SMILES string of the molecule is COc1cc(CNc2ncnc3c2nc(C2CC2)n3COCC[Si](C)(C)C)ccn1. The molecule has 1 aliphatic carbocycles. The Morgan fingerprint density at radius 2 is 2.03 bits per heavy atom. The van der Waals surface area contributed by atoms with Crippen LogP contribution in [0, 0.1) is 0 Å². The molecule has 0 radical (unpaired) electrons. The molecule has 0 unspecified atom stereocenters. The zero-order valence-electron chi connectivity index (χ0n) is 18.2. The summed E-state index contributed by atoms with van der Waals surface area (Å²) in [5, 5.41) is 3.40. The number of nitrogens with zero attached hydrogens (tertiary/aromatic N) is 5. The molecule has 8 nitrogen and oxygen atoms in total. The fourth-order valence-corrected chi connectivity index (χ4v) is 4.01. The summed E-state index contributed by atoms with van der Waals surface area (Å²) in [6, 6.07) is 5.01. The van der Waals surface area contributed by atoms with E-state index in [1.807, 2.05) is 12.1 Å². The van der Waals surface area contributed by atoms with Gasteiger partial charge in [0.25, 0.3) is 0 Å². The summed E-state index contributed by atoms with van der Waals surface area (Å²) < 4.78 is 13.4. The van der Waals surface area contributed by atoms with E-state index < -0.39 is 8.07 Å². The van der Waals surface area contributed by atoms with E-state index in [1.165, 1.54) is 12.8 Å². The van der Waals surface area contributed by atoms with Crippen LogP contribution in [0.15, 0.2) is 24.7 Å². The first-order chi connectivity index (χ1) is 14.4. The molecule has 3 heterocycles.